The lowest BCUT2D eigenvalue weighted by Gasteiger charge is -1.99. The average molecular weight is 286 g/mol. The smallest absolute Gasteiger partial charge is 0.355 e. The number of carbonyl (C=O) groups excluding carboxylic acids is 2. The summed E-state index contributed by atoms with van der Waals surface area (Å²) in [6.45, 7) is 1.90. The number of carbonyl (C=O) groups is 2. The Bertz CT molecular complexity index is 634. The van der Waals surface area contributed by atoms with E-state index in [4.69, 9.17) is 27.9 Å². The summed E-state index contributed by atoms with van der Waals surface area (Å²) < 4.78 is 4.86. The molecule has 1 aromatic carbocycles. The Morgan fingerprint density at radius 1 is 1.39 bits per heavy atom. The summed E-state index contributed by atoms with van der Waals surface area (Å²) >= 11 is 12.0. The van der Waals surface area contributed by atoms with Crippen LogP contribution in [0.25, 0.3) is 10.9 Å². The van der Waals surface area contributed by atoms with E-state index in [9.17, 15) is 9.59 Å². The summed E-state index contributed by atoms with van der Waals surface area (Å²) in [6, 6.07) is 3.16. The van der Waals surface area contributed by atoms with Gasteiger partial charge in [0.1, 0.15) is 5.69 Å². The van der Waals surface area contributed by atoms with E-state index < -0.39 is 5.97 Å². The van der Waals surface area contributed by atoms with Gasteiger partial charge in [0.05, 0.1) is 27.7 Å². The molecule has 18 heavy (non-hydrogen) atoms. The van der Waals surface area contributed by atoms with Crippen molar-refractivity contribution in [3.8, 4) is 0 Å². The zero-order chi connectivity index (χ0) is 13.3. The fourth-order valence-electron chi connectivity index (χ4n) is 1.74. The van der Waals surface area contributed by atoms with Crippen molar-refractivity contribution in [1.82, 2.24) is 4.98 Å². The number of hydrogen-bond donors (Lipinski definition) is 1. The first-order valence-electron chi connectivity index (χ1n) is 5.22. The number of benzene rings is 1. The van der Waals surface area contributed by atoms with Crippen molar-refractivity contribution in [1.29, 1.82) is 0 Å². The van der Waals surface area contributed by atoms with Crippen LogP contribution in [0.2, 0.25) is 10.0 Å². The molecule has 1 heterocycles. The van der Waals surface area contributed by atoms with E-state index in [2.05, 4.69) is 4.98 Å². The van der Waals surface area contributed by atoms with E-state index in [0.29, 0.717) is 27.2 Å². The topological polar surface area (TPSA) is 59.2 Å². The zero-order valence-electron chi connectivity index (χ0n) is 9.42. The lowest BCUT2D eigenvalue weighted by molar-refractivity contribution is 0.0518. The second-order valence-electron chi connectivity index (χ2n) is 3.53. The van der Waals surface area contributed by atoms with Crippen molar-refractivity contribution in [3.63, 3.8) is 0 Å². The highest BCUT2D eigenvalue weighted by Gasteiger charge is 2.21. The van der Waals surface area contributed by atoms with Gasteiger partial charge in [-0.05, 0) is 19.1 Å². The van der Waals surface area contributed by atoms with Crippen LogP contribution in [0, 0.1) is 0 Å². The van der Waals surface area contributed by atoms with Gasteiger partial charge in [-0.15, -0.1) is 0 Å². The molecule has 0 bridgehead atoms. The molecular formula is C12H9Cl2NO3. The van der Waals surface area contributed by atoms with E-state index in [0.717, 1.165) is 0 Å². The predicted molar refractivity (Wildman–Crippen MR) is 69.7 cm³/mol. The molecule has 1 aromatic heterocycles. The quantitative estimate of drug-likeness (QED) is 0.694. The zero-order valence-corrected chi connectivity index (χ0v) is 10.9. The summed E-state index contributed by atoms with van der Waals surface area (Å²) in [5.74, 6) is -0.608. The Hall–Kier alpha value is -1.52. The molecule has 2 rings (SSSR count). The molecule has 0 radical (unpaired) electrons. The van der Waals surface area contributed by atoms with Crippen LogP contribution in [0.1, 0.15) is 27.8 Å². The van der Waals surface area contributed by atoms with E-state index >= 15 is 0 Å². The minimum atomic E-state index is -0.608. The molecule has 94 valence electrons. The number of ether oxygens (including phenoxy) is 1. The second-order valence-corrected chi connectivity index (χ2v) is 4.35. The van der Waals surface area contributed by atoms with Gasteiger partial charge in [0.15, 0.2) is 6.29 Å². The number of nitrogens with one attached hydrogen (secondary N) is 1. The van der Waals surface area contributed by atoms with Gasteiger partial charge in [0, 0.05) is 5.39 Å². The summed E-state index contributed by atoms with van der Waals surface area (Å²) in [5, 5.41) is 1.17. The lowest BCUT2D eigenvalue weighted by Crippen LogP contribution is -2.07. The predicted octanol–water partition coefficient (Wildman–Crippen LogP) is 3.46. The Labute approximate surface area is 113 Å². The molecular weight excluding hydrogens is 277 g/mol. The highest BCUT2D eigenvalue weighted by Crippen LogP contribution is 2.33. The van der Waals surface area contributed by atoms with Gasteiger partial charge < -0.3 is 9.72 Å². The van der Waals surface area contributed by atoms with Crippen LogP contribution in [-0.4, -0.2) is 23.8 Å². The van der Waals surface area contributed by atoms with Crippen LogP contribution >= 0.6 is 23.2 Å². The first-order chi connectivity index (χ1) is 8.60. The molecule has 0 saturated carbocycles. The van der Waals surface area contributed by atoms with Crippen LogP contribution in [0.4, 0.5) is 0 Å². The maximum absolute atomic E-state index is 11.7. The van der Waals surface area contributed by atoms with Gasteiger partial charge in [-0.25, -0.2) is 4.79 Å². The second kappa shape index (κ2) is 5.00. The summed E-state index contributed by atoms with van der Waals surface area (Å²) in [4.78, 5) is 25.6. The van der Waals surface area contributed by atoms with E-state index in [-0.39, 0.29) is 17.9 Å². The molecule has 0 unspecified atom stereocenters. The lowest BCUT2D eigenvalue weighted by atomic mass is 10.1. The number of hydrogen-bond acceptors (Lipinski definition) is 3. The number of esters is 1. The first-order valence-corrected chi connectivity index (χ1v) is 5.97. The Kier molecular flexibility index (Phi) is 3.59. The van der Waals surface area contributed by atoms with Crippen LogP contribution in [0.5, 0.6) is 0 Å². The molecule has 0 fully saturated rings. The molecule has 0 atom stereocenters. The van der Waals surface area contributed by atoms with Crippen molar-refractivity contribution in [2.75, 3.05) is 6.61 Å². The van der Waals surface area contributed by atoms with Crippen molar-refractivity contribution in [2.24, 2.45) is 0 Å². The third-order valence-corrected chi connectivity index (χ3v) is 3.12. The standard InChI is InChI=1S/C12H9Cl2NO3/c1-2-18-12(17)10-6(5-16)9-7(13)3-4-8(14)11(9)15-10/h3-5,15H,2H2,1H3. The fraction of sp³-hybridized carbons (Fsp3) is 0.167. The van der Waals surface area contributed by atoms with Gasteiger partial charge in [0.2, 0.25) is 0 Å². The number of halogens is 2. The van der Waals surface area contributed by atoms with Crippen molar-refractivity contribution in [3.05, 3.63) is 33.4 Å². The maximum Gasteiger partial charge on any atom is 0.355 e. The highest BCUT2D eigenvalue weighted by molar-refractivity contribution is 6.41. The van der Waals surface area contributed by atoms with Crippen LogP contribution in [0.3, 0.4) is 0 Å². The minimum absolute atomic E-state index is 0.0665. The molecule has 0 saturated heterocycles. The Balaban J connectivity index is 2.76. The summed E-state index contributed by atoms with van der Waals surface area (Å²) in [7, 11) is 0. The molecule has 0 aliphatic carbocycles. The summed E-state index contributed by atoms with van der Waals surface area (Å²) in [6.07, 6.45) is 0.563. The minimum Gasteiger partial charge on any atom is -0.461 e. The molecule has 0 aliphatic rings. The highest BCUT2D eigenvalue weighted by atomic mass is 35.5. The van der Waals surface area contributed by atoms with E-state index in [1.165, 1.54) is 0 Å². The third-order valence-electron chi connectivity index (χ3n) is 2.49. The number of aromatic amines is 1. The van der Waals surface area contributed by atoms with Crippen LogP contribution in [-0.2, 0) is 4.74 Å². The molecule has 0 aliphatic heterocycles. The monoisotopic (exact) mass is 285 g/mol. The van der Waals surface area contributed by atoms with Gasteiger partial charge >= 0.3 is 5.97 Å². The average Bonchev–Trinajstić information content (AvgIpc) is 2.74. The number of aromatic nitrogens is 1. The van der Waals surface area contributed by atoms with Gasteiger partial charge in [-0.2, -0.15) is 0 Å². The van der Waals surface area contributed by atoms with Crippen LogP contribution in [0.15, 0.2) is 12.1 Å². The fourth-order valence-corrected chi connectivity index (χ4v) is 2.20. The SMILES string of the molecule is CCOC(=O)c1[nH]c2c(Cl)ccc(Cl)c2c1C=O. The number of rotatable bonds is 3. The van der Waals surface area contributed by atoms with Crippen molar-refractivity contribution < 1.29 is 14.3 Å². The van der Waals surface area contributed by atoms with Gasteiger partial charge in [-0.1, -0.05) is 23.2 Å². The number of fused-ring (bicyclic) bond motifs is 1. The number of aldehydes is 1. The van der Waals surface area contributed by atoms with Gasteiger partial charge in [0.25, 0.3) is 0 Å². The van der Waals surface area contributed by atoms with Crippen molar-refractivity contribution in [2.45, 2.75) is 6.92 Å². The first kappa shape index (κ1) is 12.9. The molecule has 2 aromatic rings. The normalized spacial score (nSPS) is 10.6. The third kappa shape index (κ3) is 1.98. The van der Waals surface area contributed by atoms with Crippen LogP contribution < -0.4 is 0 Å². The molecule has 0 amide bonds. The van der Waals surface area contributed by atoms with E-state index in [1.807, 2.05) is 0 Å². The Morgan fingerprint density at radius 3 is 2.67 bits per heavy atom. The molecule has 4 nitrogen and oxygen atoms in total. The largest absolute Gasteiger partial charge is 0.461 e. The summed E-state index contributed by atoms with van der Waals surface area (Å²) in [5.41, 5.74) is 0.683. The van der Waals surface area contributed by atoms with E-state index in [1.54, 1.807) is 19.1 Å². The molecule has 6 heteroatoms. The maximum atomic E-state index is 11.7. The molecule has 1 N–H and O–H groups in total. The molecule has 0 spiro atoms. The van der Waals surface area contributed by atoms with Crippen molar-refractivity contribution >= 4 is 46.4 Å². The number of H-pyrrole nitrogens is 1. The Morgan fingerprint density at radius 2 is 2.06 bits per heavy atom. The van der Waals surface area contributed by atoms with Gasteiger partial charge in [-0.3, -0.25) is 4.79 Å².